The van der Waals surface area contributed by atoms with E-state index in [9.17, 15) is 19.2 Å². The SMILES string of the molecule is CC(C)N1CC(C(=O)OCC(=O)N(C)C2(c3ccccc3Cl)CCCCC2=O)CC1=O. The van der Waals surface area contributed by atoms with Gasteiger partial charge in [0.15, 0.2) is 12.4 Å². The minimum atomic E-state index is -1.17. The Hall–Kier alpha value is -2.41. The second kappa shape index (κ2) is 9.39. The zero-order valence-corrected chi connectivity index (χ0v) is 19.0. The van der Waals surface area contributed by atoms with Gasteiger partial charge in [-0.2, -0.15) is 0 Å². The van der Waals surface area contributed by atoms with Gasteiger partial charge in [0.1, 0.15) is 5.54 Å². The number of ketones is 1. The molecule has 168 valence electrons. The summed E-state index contributed by atoms with van der Waals surface area (Å²) in [6.07, 6.45) is 2.46. The van der Waals surface area contributed by atoms with E-state index in [1.807, 2.05) is 13.8 Å². The zero-order valence-electron chi connectivity index (χ0n) is 18.2. The highest BCUT2D eigenvalue weighted by Gasteiger charge is 2.48. The quantitative estimate of drug-likeness (QED) is 0.625. The van der Waals surface area contributed by atoms with Crippen molar-refractivity contribution in [3.05, 3.63) is 34.9 Å². The minimum Gasteiger partial charge on any atom is -0.455 e. The first-order valence-electron chi connectivity index (χ1n) is 10.7. The lowest BCUT2D eigenvalue weighted by atomic mass is 9.74. The van der Waals surface area contributed by atoms with Crippen molar-refractivity contribution in [2.24, 2.45) is 5.92 Å². The highest BCUT2D eigenvalue weighted by molar-refractivity contribution is 6.31. The molecule has 3 rings (SSSR count). The first-order chi connectivity index (χ1) is 14.7. The monoisotopic (exact) mass is 448 g/mol. The molecule has 31 heavy (non-hydrogen) atoms. The van der Waals surface area contributed by atoms with E-state index in [4.69, 9.17) is 16.3 Å². The van der Waals surface area contributed by atoms with Crippen LogP contribution in [0, 0.1) is 5.92 Å². The van der Waals surface area contributed by atoms with Crippen molar-refractivity contribution in [3.63, 3.8) is 0 Å². The number of esters is 1. The third-order valence-corrected chi connectivity index (χ3v) is 6.70. The van der Waals surface area contributed by atoms with E-state index < -0.39 is 29.9 Å². The minimum absolute atomic E-state index is 0.00542. The van der Waals surface area contributed by atoms with Crippen LogP contribution in [0.3, 0.4) is 0 Å². The number of Topliss-reactive ketones (excluding diaryl/α,β-unsaturated/α-hetero) is 1. The molecule has 0 spiro atoms. The van der Waals surface area contributed by atoms with Crippen LogP contribution >= 0.6 is 11.6 Å². The molecule has 1 saturated heterocycles. The lowest BCUT2D eigenvalue weighted by Crippen LogP contribution is -2.55. The van der Waals surface area contributed by atoms with E-state index in [1.165, 1.54) is 4.90 Å². The van der Waals surface area contributed by atoms with Gasteiger partial charge in [-0.1, -0.05) is 29.8 Å². The Morgan fingerprint density at radius 1 is 1.26 bits per heavy atom. The molecule has 7 nitrogen and oxygen atoms in total. The number of rotatable bonds is 6. The Kier molecular flexibility index (Phi) is 7.04. The van der Waals surface area contributed by atoms with E-state index in [1.54, 1.807) is 36.2 Å². The van der Waals surface area contributed by atoms with Crippen LogP contribution in [-0.2, 0) is 29.5 Å². The van der Waals surface area contributed by atoms with E-state index in [0.29, 0.717) is 30.0 Å². The Bertz CT molecular complexity index is 886. The second-order valence-corrected chi connectivity index (χ2v) is 8.98. The molecule has 1 aromatic carbocycles. The Balaban J connectivity index is 1.73. The third kappa shape index (κ3) is 4.47. The summed E-state index contributed by atoms with van der Waals surface area (Å²) in [5.41, 5.74) is -0.574. The number of nitrogens with zero attached hydrogens (tertiary/aromatic N) is 2. The predicted octanol–water partition coefficient (Wildman–Crippen LogP) is 2.94. The van der Waals surface area contributed by atoms with Crippen LogP contribution in [0.4, 0.5) is 0 Å². The largest absolute Gasteiger partial charge is 0.455 e. The number of carbonyl (C=O) groups is 4. The molecule has 2 unspecified atom stereocenters. The normalized spacial score (nSPS) is 23.9. The molecule has 2 amide bonds. The first kappa shape index (κ1) is 23.3. The molecule has 1 aromatic rings. The summed E-state index contributed by atoms with van der Waals surface area (Å²) in [7, 11) is 1.56. The van der Waals surface area contributed by atoms with Gasteiger partial charge in [0.05, 0.1) is 5.92 Å². The number of likely N-dealkylation sites (tertiary alicyclic amines) is 1. The van der Waals surface area contributed by atoms with E-state index in [2.05, 4.69) is 0 Å². The van der Waals surface area contributed by atoms with Gasteiger partial charge in [-0.05, 0) is 39.2 Å². The van der Waals surface area contributed by atoms with Crippen LogP contribution in [0.2, 0.25) is 5.02 Å². The molecule has 0 radical (unpaired) electrons. The number of carbonyl (C=O) groups excluding carboxylic acids is 4. The van der Waals surface area contributed by atoms with Crippen molar-refractivity contribution < 1.29 is 23.9 Å². The van der Waals surface area contributed by atoms with Gasteiger partial charge in [-0.3, -0.25) is 19.2 Å². The topological polar surface area (TPSA) is 84.0 Å². The van der Waals surface area contributed by atoms with Gasteiger partial charge in [-0.25, -0.2) is 0 Å². The predicted molar refractivity (Wildman–Crippen MR) is 115 cm³/mol. The van der Waals surface area contributed by atoms with Crippen molar-refractivity contribution in [1.29, 1.82) is 0 Å². The molecular weight excluding hydrogens is 420 g/mol. The van der Waals surface area contributed by atoms with Gasteiger partial charge in [0.25, 0.3) is 5.91 Å². The molecule has 2 fully saturated rings. The second-order valence-electron chi connectivity index (χ2n) is 8.57. The maximum absolute atomic E-state index is 13.1. The number of likely N-dealkylation sites (N-methyl/N-ethyl adjacent to an activating group) is 1. The number of halogens is 1. The van der Waals surface area contributed by atoms with Crippen molar-refractivity contribution >= 4 is 35.2 Å². The van der Waals surface area contributed by atoms with Crippen LogP contribution in [-0.4, -0.2) is 59.6 Å². The molecule has 1 aliphatic heterocycles. The summed E-state index contributed by atoms with van der Waals surface area (Å²) in [5.74, 6) is -1.79. The molecule has 0 bridgehead atoms. The van der Waals surface area contributed by atoms with Crippen molar-refractivity contribution in [2.45, 2.75) is 57.5 Å². The average Bonchev–Trinajstić information content (AvgIpc) is 3.14. The number of ether oxygens (including phenoxy) is 1. The number of benzene rings is 1. The van der Waals surface area contributed by atoms with Gasteiger partial charge in [0.2, 0.25) is 5.91 Å². The van der Waals surface area contributed by atoms with Gasteiger partial charge in [0, 0.05) is 43.1 Å². The average molecular weight is 449 g/mol. The molecular formula is C23H29ClN2O5. The zero-order chi connectivity index (χ0) is 22.8. The molecule has 2 atom stereocenters. The molecule has 2 aliphatic rings. The number of amides is 2. The maximum Gasteiger partial charge on any atom is 0.311 e. The summed E-state index contributed by atoms with van der Waals surface area (Å²) in [6.45, 7) is 3.58. The fourth-order valence-electron chi connectivity index (χ4n) is 4.58. The summed E-state index contributed by atoms with van der Waals surface area (Å²) < 4.78 is 5.27. The van der Waals surface area contributed by atoms with Crippen LogP contribution in [0.1, 0.15) is 51.5 Å². The third-order valence-electron chi connectivity index (χ3n) is 6.37. The first-order valence-corrected chi connectivity index (χ1v) is 11.1. The van der Waals surface area contributed by atoms with Gasteiger partial charge < -0.3 is 14.5 Å². The highest BCUT2D eigenvalue weighted by atomic mass is 35.5. The lowest BCUT2D eigenvalue weighted by molar-refractivity contribution is -0.159. The molecule has 1 saturated carbocycles. The highest BCUT2D eigenvalue weighted by Crippen LogP contribution is 2.42. The number of hydrogen-bond acceptors (Lipinski definition) is 5. The van der Waals surface area contributed by atoms with Crippen LogP contribution < -0.4 is 0 Å². The van der Waals surface area contributed by atoms with Crippen LogP contribution in [0.25, 0.3) is 0 Å². The van der Waals surface area contributed by atoms with Crippen LogP contribution in [0.15, 0.2) is 24.3 Å². The smallest absolute Gasteiger partial charge is 0.311 e. The van der Waals surface area contributed by atoms with Gasteiger partial charge in [-0.15, -0.1) is 0 Å². The van der Waals surface area contributed by atoms with E-state index >= 15 is 0 Å². The van der Waals surface area contributed by atoms with Crippen molar-refractivity contribution in [1.82, 2.24) is 9.80 Å². The Labute approximate surface area is 187 Å². The molecule has 0 aromatic heterocycles. The Morgan fingerprint density at radius 2 is 1.97 bits per heavy atom. The molecule has 0 N–H and O–H groups in total. The fraction of sp³-hybridized carbons (Fsp3) is 0.565. The van der Waals surface area contributed by atoms with Gasteiger partial charge >= 0.3 is 5.97 Å². The molecule has 1 aliphatic carbocycles. The van der Waals surface area contributed by atoms with Crippen LogP contribution in [0.5, 0.6) is 0 Å². The standard InChI is InChI=1S/C23H29ClN2O5/c1-15(2)26-13-16(12-20(26)28)22(30)31-14-21(29)25(3)23(11-7-6-10-19(23)27)17-8-4-5-9-18(17)24/h4-5,8-9,15-16H,6-7,10-14H2,1-3H3. The fourth-order valence-corrected chi connectivity index (χ4v) is 4.87. The summed E-state index contributed by atoms with van der Waals surface area (Å²) in [6, 6.07) is 7.05. The summed E-state index contributed by atoms with van der Waals surface area (Å²) >= 11 is 6.42. The molecule has 8 heteroatoms. The summed E-state index contributed by atoms with van der Waals surface area (Å²) in [5, 5.41) is 0.424. The van der Waals surface area contributed by atoms with E-state index in [-0.39, 0.29) is 24.2 Å². The van der Waals surface area contributed by atoms with Crippen molar-refractivity contribution in [3.8, 4) is 0 Å². The summed E-state index contributed by atoms with van der Waals surface area (Å²) in [4.78, 5) is 53.6. The molecule has 1 heterocycles. The van der Waals surface area contributed by atoms with E-state index in [0.717, 1.165) is 12.8 Å². The maximum atomic E-state index is 13.1. The number of hydrogen-bond donors (Lipinski definition) is 0. The van der Waals surface area contributed by atoms with Crippen molar-refractivity contribution in [2.75, 3.05) is 20.2 Å². The Morgan fingerprint density at radius 3 is 2.58 bits per heavy atom. The lowest BCUT2D eigenvalue weighted by Gasteiger charge is -2.43.